The molecule has 3 amide bonds. The fourth-order valence-corrected chi connectivity index (χ4v) is 2.33. The van der Waals surface area contributed by atoms with Gasteiger partial charge < -0.3 is 5.32 Å². The molecule has 1 aliphatic rings. The highest BCUT2D eigenvalue weighted by atomic mass is 35.5. The van der Waals surface area contributed by atoms with E-state index in [9.17, 15) is 9.59 Å². The van der Waals surface area contributed by atoms with E-state index in [-0.39, 0.29) is 18.9 Å². The monoisotopic (exact) mass is 291 g/mol. The molecule has 1 N–H and O–H groups in total. The van der Waals surface area contributed by atoms with E-state index in [4.69, 9.17) is 16.9 Å². The molecule has 1 atom stereocenters. The van der Waals surface area contributed by atoms with Crippen molar-refractivity contribution in [2.24, 2.45) is 0 Å². The summed E-state index contributed by atoms with van der Waals surface area (Å²) in [4.78, 5) is 25.4. The Morgan fingerprint density at radius 3 is 2.75 bits per heavy atom. The summed E-state index contributed by atoms with van der Waals surface area (Å²) in [5.74, 6) is -0.348. The average molecular weight is 292 g/mol. The minimum absolute atomic E-state index is 0.101. The summed E-state index contributed by atoms with van der Waals surface area (Å²) in [5.41, 5.74) is 0.405. The van der Waals surface area contributed by atoms with E-state index in [0.29, 0.717) is 10.6 Å². The predicted molar refractivity (Wildman–Crippen MR) is 74.0 cm³/mol. The molecule has 1 aromatic rings. The molecule has 0 bridgehead atoms. The summed E-state index contributed by atoms with van der Waals surface area (Å²) in [6, 6.07) is 6.67. The lowest BCUT2D eigenvalue weighted by atomic mass is 9.91. The van der Waals surface area contributed by atoms with Gasteiger partial charge in [0, 0.05) is 11.6 Å². The number of aryl methyl sites for hydroxylation is 1. The van der Waals surface area contributed by atoms with E-state index in [1.54, 1.807) is 25.1 Å². The number of amides is 3. The molecule has 1 saturated heterocycles. The number of hydrogen-bond acceptors (Lipinski definition) is 3. The zero-order valence-electron chi connectivity index (χ0n) is 11.2. The first kappa shape index (κ1) is 14.4. The fourth-order valence-electron chi connectivity index (χ4n) is 2.21. The molecule has 104 valence electrons. The molecule has 6 heteroatoms. The van der Waals surface area contributed by atoms with Crippen molar-refractivity contribution in [1.29, 1.82) is 5.26 Å². The lowest BCUT2D eigenvalue weighted by Gasteiger charge is -2.22. The Morgan fingerprint density at radius 1 is 1.45 bits per heavy atom. The van der Waals surface area contributed by atoms with E-state index in [1.165, 1.54) is 0 Å². The van der Waals surface area contributed by atoms with E-state index in [2.05, 4.69) is 5.32 Å². The quantitative estimate of drug-likeness (QED) is 0.869. The van der Waals surface area contributed by atoms with Crippen LogP contribution in [-0.2, 0) is 10.3 Å². The van der Waals surface area contributed by atoms with Gasteiger partial charge in [0.05, 0.1) is 12.5 Å². The van der Waals surface area contributed by atoms with Crippen LogP contribution in [0.3, 0.4) is 0 Å². The zero-order valence-corrected chi connectivity index (χ0v) is 12.0. The topological polar surface area (TPSA) is 73.2 Å². The van der Waals surface area contributed by atoms with Gasteiger partial charge in [-0.1, -0.05) is 23.7 Å². The van der Waals surface area contributed by atoms with Gasteiger partial charge in [0.25, 0.3) is 5.91 Å². The first-order valence-electron chi connectivity index (χ1n) is 6.18. The van der Waals surface area contributed by atoms with Crippen LogP contribution in [-0.4, -0.2) is 23.4 Å². The summed E-state index contributed by atoms with van der Waals surface area (Å²) in [5, 5.41) is 11.9. The Labute approximate surface area is 122 Å². The van der Waals surface area contributed by atoms with Gasteiger partial charge in [-0.2, -0.15) is 5.26 Å². The van der Waals surface area contributed by atoms with Crippen molar-refractivity contribution in [3.05, 3.63) is 34.3 Å². The van der Waals surface area contributed by atoms with Crippen LogP contribution < -0.4 is 5.32 Å². The van der Waals surface area contributed by atoms with Crippen molar-refractivity contribution < 1.29 is 9.59 Å². The zero-order chi connectivity index (χ0) is 14.9. The standard InChI is InChI=1S/C14H14ClN3O2/c1-9-8-10(4-5-11(9)15)14(2)12(19)18(7-3-6-16)13(20)17-14/h4-5,8H,3,7H2,1-2H3,(H,17,20). The molecule has 1 heterocycles. The van der Waals surface area contributed by atoms with Crippen LogP contribution in [0.5, 0.6) is 0 Å². The van der Waals surface area contributed by atoms with Crippen molar-refractivity contribution >= 4 is 23.5 Å². The fraction of sp³-hybridized carbons (Fsp3) is 0.357. The first-order chi connectivity index (χ1) is 9.40. The molecular weight excluding hydrogens is 278 g/mol. The van der Waals surface area contributed by atoms with Crippen LogP contribution in [0.15, 0.2) is 18.2 Å². The Hall–Kier alpha value is -2.06. The third kappa shape index (κ3) is 2.23. The van der Waals surface area contributed by atoms with Crippen molar-refractivity contribution in [2.45, 2.75) is 25.8 Å². The highest BCUT2D eigenvalue weighted by Gasteiger charge is 2.48. The summed E-state index contributed by atoms with van der Waals surface area (Å²) >= 11 is 5.98. The van der Waals surface area contributed by atoms with E-state index in [0.717, 1.165) is 10.5 Å². The molecule has 1 aromatic carbocycles. The number of halogens is 1. The summed E-state index contributed by atoms with van der Waals surface area (Å²) in [6.07, 6.45) is 0.120. The molecule has 0 saturated carbocycles. The van der Waals surface area contributed by atoms with E-state index in [1.807, 2.05) is 13.0 Å². The van der Waals surface area contributed by atoms with Gasteiger partial charge in [-0.3, -0.25) is 9.69 Å². The predicted octanol–water partition coefficient (Wildman–Crippen LogP) is 2.33. The van der Waals surface area contributed by atoms with Gasteiger partial charge in [-0.15, -0.1) is 0 Å². The van der Waals surface area contributed by atoms with Crippen LogP contribution in [0.1, 0.15) is 24.5 Å². The van der Waals surface area contributed by atoms with Gasteiger partial charge >= 0.3 is 6.03 Å². The van der Waals surface area contributed by atoms with Crippen LogP contribution in [0, 0.1) is 18.3 Å². The molecule has 1 aliphatic heterocycles. The van der Waals surface area contributed by atoms with E-state index < -0.39 is 11.6 Å². The van der Waals surface area contributed by atoms with Gasteiger partial charge in [0.15, 0.2) is 0 Å². The molecule has 1 unspecified atom stereocenters. The molecule has 0 aromatic heterocycles. The number of carbonyl (C=O) groups excluding carboxylic acids is 2. The Kier molecular flexibility index (Phi) is 3.69. The van der Waals surface area contributed by atoms with Crippen LogP contribution in [0.4, 0.5) is 4.79 Å². The SMILES string of the molecule is Cc1cc(C2(C)NC(=O)N(CCC#N)C2=O)ccc1Cl. The second kappa shape index (κ2) is 5.14. The number of imide groups is 1. The molecular formula is C14H14ClN3O2. The van der Waals surface area contributed by atoms with Crippen molar-refractivity contribution in [3.63, 3.8) is 0 Å². The number of carbonyl (C=O) groups is 2. The van der Waals surface area contributed by atoms with Crippen molar-refractivity contribution in [1.82, 2.24) is 10.2 Å². The Morgan fingerprint density at radius 2 is 2.15 bits per heavy atom. The number of hydrogen-bond donors (Lipinski definition) is 1. The Bertz CT molecular complexity index is 623. The second-order valence-electron chi connectivity index (χ2n) is 4.88. The normalized spacial score (nSPS) is 21.8. The molecule has 20 heavy (non-hydrogen) atoms. The largest absolute Gasteiger partial charge is 0.325 e. The molecule has 2 rings (SSSR count). The highest BCUT2D eigenvalue weighted by Crippen LogP contribution is 2.31. The number of rotatable bonds is 3. The number of urea groups is 1. The maximum atomic E-state index is 12.4. The summed E-state index contributed by atoms with van der Waals surface area (Å²) in [6.45, 7) is 3.59. The van der Waals surface area contributed by atoms with Crippen molar-refractivity contribution in [2.75, 3.05) is 6.54 Å². The molecule has 1 fully saturated rings. The maximum Gasteiger partial charge on any atom is 0.325 e. The minimum Gasteiger partial charge on any atom is -0.319 e. The van der Waals surface area contributed by atoms with E-state index >= 15 is 0 Å². The lowest BCUT2D eigenvalue weighted by Crippen LogP contribution is -2.41. The third-order valence-electron chi connectivity index (χ3n) is 3.46. The average Bonchev–Trinajstić information content (AvgIpc) is 2.62. The number of nitrogens with zero attached hydrogens (tertiary/aromatic N) is 2. The summed E-state index contributed by atoms with van der Waals surface area (Å²) < 4.78 is 0. The summed E-state index contributed by atoms with van der Waals surface area (Å²) in [7, 11) is 0. The molecule has 0 radical (unpaired) electrons. The first-order valence-corrected chi connectivity index (χ1v) is 6.55. The molecule has 0 spiro atoms. The Balaban J connectivity index is 2.36. The van der Waals surface area contributed by atoms with Gasteiger partial charge in [0.2, 0.25) is 0 Å². The smallest absolute Gasteiger partial charge is 0.319 e. The van der Waals surface area contributed by atoms with Crippen LogP contribution in [0.25, 0.3) is 0 Å². The number of benzene rings is 1. The van der Waals surface area contributed by atoms with Crippen molar-refractivity contribution in [3.8, 4) is 6.07 Å². The minimum atomic E-state index is -1.11. The lowest BCUT2D eigenvalue weighted by molar-refractivity contribution is -0.131. The molecule has 0 aliphatic carbocycles. The highest BCUT2D eigenvalue weighted by molar-refractivity contribution is 6.31. The number of nitrogens with one attached hydrogen (secondary N) is 1. The van der Waals surface area contributed by atoms with Gasteiger partial charge in [0.1, 0.15) is 5.54 Å². The number of nitriles is 1. The third-order valence-corrected chi connectivity index (χ3v) is 3.88. The van der Waals surface area contributed by atoms with Gasteiger partial charge in [-0.05, 0) is 31.0 Å². The van der Waals surface area contributed by atoms with Crippen LogP contribution in [0.2, 0.25) is 5.02 Å². The van der Waals surface area contributed by atoms with Gasteiger partial charge in [-0.25, -0.2) is 4.79 Å². The second-order valence-corrected chi connectivity index (χ2v) is 5.29. The maximum absolute atomic E-state index is 12.4. The molecule has 5 nitrogen and oxygen atoms in total. The van der Waals surface area contributed by atoms with Crippen LogP contribution >= 0.6 is 11.6 Å².